The van der Waals surface area contributed by atoms with Crippen molar-refractivity contribution in [1.29, 1.82) is 0 Å². The molecular formula is C11H17N3O2S2. The predicted octanol–water partition coefficient (Wildman–Crippen LogP) is 1.28. The number of primary amides is 1. The number of carbonyl (C=O) groups is 2. The molecule has 0 spiro atoms. The molecule has 0 atom stereocenters. The van der Waals surface area contributed by atoms with E-state index in [1.165, 1.54) is 11.3 Å². The standard InChI is InChI=1S/C11H17N3O2S2/c1-6-7(18-10(17)14-6)4-8(15)13-5-11(2,3)9(12)16/h4-5H2,1-3H3,(H2,12,16)(H,13,15)(H,14,17). The lowest BCUT2D eigenvalue weighted by Crippen LogP contribution is -2.42. The first-order chi connectivity index (χ1) is 8.22. The average molecular weight is 287 g/mol. The Balaban J connectivity index is 2.56. The number of hydrogen-bond acceptors (Lipinski definition) is 4. The molecule has 0 aliphatic heterocycles. The van der Waals surface area contributed by atoms with E-state index < -0.39 is 11.3 Å². The second-order valence-electron chi connectivity index (χ2n) is 4.76. The molecule has 100 valence electrons. The van der Waals surface area contributed by atoms with Gasteiger partial charge in [0.15, 0.2) is 3.95 Å². The van der Waals surface area contributed by atoms with Gasteiger partial charge in [-0.15, -0.1) is 11.3 Å². The molecule has 0 fully saturated rings. The Morgan fingerprint density at radius 3 is 2.56 bits per heavy atom. The Morgan fingerprint density at radius 2 is 2.11 bits per heavy atom. The molecule has 1 heterocycles. The van der Waals surface area contributed by atoms with E-state index in [4.69, 9.17) is 18.0 Å². The van der Waals surface area contributed by atoms with Crippen LogP contribution in [0.25, 0.3) is 0 Å². The fourth-order valence-corrected chi connectivity index (χ4v) is 2.51. The van der Waals surface area contributed by atoms with Crippen LogP contribution in [0.4, 0.5) is 0 Å². The second kappa shape index (κ2) is 5.62. The van der Waals surface area contributed by atoms with E-state index in [2.05, 4.69) is 10.3 Å². The summed E-state index contributed by atoms with van der Waals surface area (Å²) in [5, 5.41) is 2.71. The smallest absolute Gasteiger partial charge is 0.225 e. The number of aryl methyl sites for hydroxylation is 1. The fourth-order valence-electron chi connectivity index (χ4n) is 1.22. The van der Waals surface area contributed by atoms with Gasteiger partial charge in [0.2, 0.25) is 11.8 Å². The van der Waals surface area contributed by atoms with Gasteiger partial charge < -0.3 is 16.0 Å². The number of hydrogen-bond donors (Lipinski definition) is 3. The highest BCUT2D eigenvalue weighted by Crippen LogP contribution is 2.16. The van der Waals surface area contributed by atoms with Crippen molar-refractivity contribution < 1.29 is 9.59 Å². The molecule has 0 saturated heterocycles. The molecule has 1 rings (SSSR count). The Bertz CT molecular complexity index is 517. The lowest BCUT2D eigenvalue weighted by atomic mass is 9.93. The van der Waals surface area contributed by atoms with E-state index in [-0.39, 0.29) is 18.9 Å². The number of rotatable bonds is 5. The highest BCUT2D eigenvalue weighted by molar-refractivity contribution is 7.73. The zero-order chi connectivity index (χ0) is 13.9. The van der Waals surface area contributed by atoms with Crippen LogP contribution in [0.5, 0.6) is 0 Å². The minimum absolute atomic E-state index is 0.141. The highest BCUT2D eigenvalue weighted by atomic mass is 32.1. The minimum Gasteiger partial charge on any atom is -0.369 e. The first kappa shape index (κ1) is 14.8. The van der Waals surface area contributed by atoms with Crippen molar-refractivity contribution in [3.8, 4) is 0 Å². The third kappa shape index (κ3) is 3.92. The van der Waals surface area contributed by atoms with Gasteiger partial charge in [0.05, 0.1) is 11.8 Å². The molecule has 0 aliphatic rings. The van der Waals surface area contributed by atoms with Crippen LogP contribution in [-0.2, 0) is 16.0 Å². The van der Waals surface area contributed by atoms with Crippen LogP contribution >= 0.6 is 23.6 Å². The second-order valence-corrected chi connectivity index (χ2v) is 6.54. The number of nitrogens with one attached hydrogen (secondary N) is 2. The maximum atomic E-state index is 11.7. The normalized spacial score (nSPS) is 11.3. The van der Waals surface area contributed by atoms with Crippen molar-refractivity contribution in [3.05, 3.63) is 14.5 Å². The number of aromatic nitrogens is 1. The number of aromatic amines is 1. The minimum atomic E-state index is -0.741. The van der Waals surface area contributed by atoms with E-state index >= 15 is 0 Å². The molecule has 7 heteroatoms. The number of amides is 2. The summed E-state index contributed by atoms with van der Waals surface area (Å²) >= 11 is 6.39. The first-order valence-corrected chi connectivity index (χ1v) is 6.70. The number of carbonyl (C=O) groups excluding carboxylic acids is 2. The maximum absolute atomic E-state index is 11.7. The van der Waals surface area contributed by atoms with Crippen molar-refractivity contribution in [2.75, 3.05) is 6.54 Å². The predicted molar refractivity (Wildman–Crippen MR) is 73.9 cm³/mol. The topological polar surface area (TPSA) is 88.0 Å². The molecule has 1 aromatic rings. The molecule has 0 bridgehead atoms. The van der Waals surface area contributed by atoms with E-state index in [0.29, 0.717) is 3.95 Å². The molecular weight excluding hydrogens is 270 g/mol. The largest absolute Gasteiger partial charge is 0.369 e. The van der Waals surface area contributed by atoms with Crippen LogP contribution in [-0.4, -0.2) is 23.3 Å². The van der Waals surface area contributed by atoms with Gasteiger partial charge in [-0.3, -0.25) is 9.59 Å². The number of nitrogens with two attached hydrogens (primary N) is 1. The zero-order valence-corrected chi connectivity index (χ0v) is 12.3. The summed E-state index contributed by atoms with van der Waals surface area (Å²) in [5.74, 6) is -0.575. The van der Waals surface area contributed by atoms with Gasteiger partial charge in [-0.2, -0.15) is 0 Å². The molecule has 18 heavy (non-hydrogen) atoms. The van der Waals surface area contributed by atoms with Crippen molar-refractivity contribution in [1.82, 2.24) is 10.3 Å². The summed E-state index contributed by atoms with van der Waals surface area (Å²) in [7, 11) is 0. The van der Waals surface area contributed by atoms with Crippen LogP contribution in [0, 0.1) is 16.3 Å². The van der Waals surface area contributed by atoms with Gasteiger partial charge in [-0.05, 0) is 33.0 Å². The Hall–Kier alpha value is -1.21. The van der Waals surface area contributed by atoms with Gasteiger partial charge in [0.1, 0.15) is 0 Å². The van der Waals surface area contributed by atoms with E-state index in [0.717, 1.165) is 10.6 Å². The molecule has 5 nitrogen and oxygen atoms in total. The zero-order valence-electron chi connectivity index (χ0n) is 10.6. The summed E-state index contributed by atoms with van der Waals surface area (Å²) in [6.45, 7) is 5.50. The number of H-pyrrole nitrogens is 1. The first-order valence-electron chi connectivity index (χ1n) is 5.47. The van der Waals surface area contributed by atoms with E-state index in [1.54, 1.807) is 13.8 Å². The Kier molecular flexibility index (Phi) is 4.64. The molecule has 0 saturated carbocycles. The molecule has 0 aromatic carbocycles. The van der Waals surface area contributed by atoms with Crippen molar-refractivity contribution >= 4 is 35.4 Å². The maximum Gasteiger partial charge on any atom is 0.225 e. The van der Waals surface area contributed by atoms with Crippen LogP contribution in [0.1, 0.15) is 24.4 Å². The Labute approximate surface area is 115 Å². The summed E-state index contributed by atoms with van der Waals surface area (Å²) in [6, 6.07) is 0. The van der Waals surface area contributed by atoms with Gasteiger partial charge in [0, 0.05) is 17.1 Å². The summed E-state index contributed by atoms with van der Waals surface area (Å²) in [6.07, 6.45) is 0.262. The lowest BCUT2D eigenvalue weighted by molar-refractivity contribution is -0.126. The summed E-state index contributed by atoms with van der Waals surface area (Å²) < 4.78 is 0.660. The van der Waals surface area contributed by atoms with Crippen molar-refractivity contribution in [2.24, 2.45) is 11.1 Å². The summed E-state index contributed by atoms with van der Waals surface area (Å²) in [5.41, 5.74) is 5.40. The lowest BCUT2D eigenvalue weighted by Gasteiger charge is -2.20. The van der Waals surface area contributed by atoms with Gasteiger partial charge in [-0.1, -0.05) is 0 Å². The average Bonchev–Trinajstić information content (AvgIpc) is 2.54. The SMILES string of the molecule is Cc1[nH]c(=S)sc1CC(=O)NCC(C)(C)C(N)=O. The molecule has 0 radical (unpaired) electrons. The molecule has 1 aromatic heterocycles. The number of thiazole rings is 1. The van der Waals surface area contributed by atoms with Gasteiger partial charge in [0.25, 0.3) is 0 Å². The third-order valence-corrected chi connectivity index (χ3v) is 3.98. The monoisotopic (exact) mass is 287 g/mol. The molecule has 4 N–H and O–H groups in total. The quantitative estimate of drug-likeness (QED) is 0.713. The van der Waals surface area contributed by atoms with E-state index in [9.17, 15) is 9.59 Å². The van der Waals surface area contributed by atoms with Gasteiger partial charge in [-0.25, -0.2) is 0 Å². The van der Waals surface area contributed by atoms with Crippen molar-refractivity contribution in [2.45, 2.75) is 27.2 Å². The Morgan fingerprint density at radius 1 is 1.50 bits per heavy atom. The molecule has 0 unspecified atom stereocenters. The van der Waals surface area contributed by atoms with E-state index in [1.807, 2.05) is 6.92 Å². The van der Waals surface area contributed by atoms with Crippen LogP contribution in [0.2, 0.25) is 0 Å². The molecule has 0 aliphatic carbocycles. The van der Waals surface area contributed by atoms with Gasteiger partial charge >= 0.3 is 0 Å². The van der Waals surface area contributed by atoms with Crippen LogP contribution < -0.4 is 11.1 Å². The third-order valence-electron chi connectivity index (χ3n) is 2.64. The highest BCUT2D eigenvalue weighted by Gasteiger charge is 2.25. The fraction of sp³-hybridized carbons (Fsp3) is 0.545. The van der Waals surface area contributed by atoms with Crippen LogP contribution in [0.15, 0.2) is 0 Å². The van der Waals surface area contributed by atoms with Crippen molar-refractivity contribution in [3.63, 3.8) is 0 Å². The molecule has 2 amide bonds. The summed E-state index contributed by atoms with van der Waals surface area (Å²) in [4.78, 5) is 26.7. The van der Waals surface area contributed by atoms with Crippen LogP contribution in [0.3, 0.4) is 0 Å².